The maximum atomic E-state index is 13.8. The number of anilines is 1. The second-order valence-corrected chi connectivity index (χ2v) is 9.85. The quantitative estimate of drug-likeness (QED) is 0.252. The van der Waals surface area contributed by atoms with E-state index in [1.165, 1.54) is 43.0 Å². The number of carbonyl (C=O) groups is 2. The average molecular weight is 607 g/mol. The normalized spacial score (nSPS) is 11.1. The predicted octanol–water partition coefficient (Wildman–Crippen LogP) is 3.17. The van der Waals surface area contributed by atoms with Gasteiger partial charge in [0.25, 0.3) is 17.8 Å². The first-order valence-electron chi connectivity index (χ1n) is 12.9. The Bertz CT molecular complexity index is 1830. The van der Waals surface area contributed by atoms with Crippen LogP contribution in [0, 0.1) is 6.92 Å². The average Bonchev–Trinajstić information content (AvgIpc) is 3.61. The zero-order valence-electron chi connectivity index (χ0n) is 24.0. The molecule has 43 heavy (non-hydrogen) atoms. The maximum absolute atomic E-state index is 13.8. The number of ether oxygens (including phenoxy) is 3. The first kappa shape index (κ1) is 29.2. The van der Waals surface area contributed by atoms with Gasteiger partial charge in [-0.2, -0.15) is 15.1 Å². The minimum Gasteiger partial charge on any atom is -0.480 e. The Morgan fingerprint density at radius 1 is 0.977 bits per heavy atom. The molecular formula is C27H27ClN10O5. The lowest BCUT2D eigenvalue weighted by atomic mass is 10.0. The minimum absolute atomic E-state index is 0.0170. The van der Waals surface area contributed by atoms with E-state index in [4.69, 9.17) is 25.8 Å². The van der Waals surface area contributed by atoms with E-state index in [0.717, 1.165) is 0 Å². The highest BCUT2D eigenvalue weighted by Crippen LogP contribution is 2.31. The van der Waals surface area contributed by atoms with Crippen LogP contribution in [0.4, 0.5) is 5.69 Å². The van der Waals surface area contributed by atoms with E-state index >= 15 is 0 Å². The lowest BCUT2D eigenvalue weighted by Gasteiger charge is -2.16. The Balaban J connectivity index is 1.65. The molecule has 4 aromatic heterocycles. The molecule has 0 atom stereocenters. The number of carbonyl (C=O) groups excluding carboxylic acids is 2. The molecule has 5 rings (SSSR count). The highest BCUT2D eigenvalue weighted by Gasteiger charge is 2.26. The highest BCUT2D eigenvalue weighted by molar-refractivity contribution is 6.32. The Kier molecular flexibility index (Phi) is 8.07. The molecule has 0 aliphatic rings. The molecule has 0 saturated carbocycles. The van der Waals surface area contributed by atoms with Gasteiger partial charge in [-0.25, -0.2) is 14.3 Å². The summed E-state index contributed by atoms with van der Waals surface area (Å²) in [7, 11) is 4.25. The van der Waals surface area contributed by atoms with Gasteiger partial charge >= 0.3 is 12.0 Å². The van der Waals surface area contributed by atoms with Gasteiger partial charge in [0.1, 0.15) is 11.2 Å². The van der Waals surface area contributed by atoms with E-state index < -0.39 is 11.8 Å². The summed E-state index contributed by atoms with van der Waals surface area (Å²) in [6.45, 7) is 5.42. The molecule has 0 unspecified atom stereocenters. The van der Waals surface area contributed by atoms with Gasteiger partial charge in [-0.15, -0.1) is 10.1 Å². The number of hydrogen-bond donors (Lipinski definition) is 2. The molecule has 4 heterocycles. The topological polar surface area (TPSA) is 173 Å². The molecule has 0 spiro atoms. The number of methoxy groups -OCH3 is 3. The first-order valence-corrected chi connectivity index (χ1v) is 13.3. The van der Waals surface area contributed by atoms with E-state index in [0.29, 0.717) is 10.9 Å². The van der Waals surface area contributed by atoms with Gasteiger partial charge in [0.2, 0.25) is 5.88 Å². The molecule has 0 fully saturated rings. The van der Waals surface area contributed by atoms with E-state index in [1.807, 2.05) is 13.8 Å². The van der Waals surface area contributed by atoms with Crippen LogP contribution in [0.2, 0.25) is 5.02 Å². The van der Waals surface area contributed by atoms with Crippen molar-refractivity contribution in [2.45, 2.75) is 26.8 Å². The van der Waals surface area contributed by atoms with E-state index in [-0.39, 0.29) is 63.2 Å². The van der Waals surface area contributed by atoms with Crippen molar-refractivity contribution in [2.75, 3.05) is 26.6 Å². The Morgan fingerprint density at radius 2 is 1.70 bits per heavy atom. The lowest BCUT2D eigenvalue weighted by molar-refractivity contribution is 0.0945. The summed E-state index contributed by atoms with van der Waals surface area (Å²) in [6, 6.07) is 6.34. The van der Waals surface area contributed by atoms with Crippen LogP contribution in [0.5, 0.6) is 17.9 Å². The molecule has 0 aliphatic carbocycles. The number of aromatic nitrogens is 8. The molecule has 0 radical (unpaired) electrons. The number of pyridine rings is 1. The van der Waals surface area contributed by atoms with Crippen LogP contribution in [0.3, 0.4) is 0 Å². The largest absolute Gasteiger partial charge is 0.480 e. The van der Waals surface area contributed by atoms with Crippen molar-refractivity contribution in [2.24, 2.45) is 0 Å². The van der Waals surface area contributed by atoms with Crippen LogP contribution in [0.1, 0.15) is 40.3 Å². The molecule has 5 aromatic rings. The molecule has 0 bridgehead atoms. The number of nitrogens with one attached hydrogen (secondary N) is 2. The molecule has 222 valence electrons. The molecule has 2 N–H and O–H groups in total. The van der Waals surface area contributed by atoms with Crippen LogP contribution < -0.4 is 24.8 Å². The number of hydrogen-bond acceptors (Lipinski definition) is 11. The van der Waals surface area contributed by atoms with E-state index in [9.17, 15) is 9.59 Å². The summed E-state index contributed by atoms with van der Waals surface area (Å²) in [6.07, 6.45) is 3.18. The summed E-state index contributed by atoms with van der Waals surface area (Å²) in [5.74, 6) is -0.552. The predicted molar refractivity (Wildman–Crippen MR) is 156 cm³/mol. The number of nitrogens with zero attached hydrogens (tertiary/aromatic N) is 8. The van der Waals surface area contributed by atoms with Gasteiger partial charge in [0.15, 0.2) is 5.82 Å². The third kappa shape index (κ3) is 5.74. The summed E-state index contributed by atoms with van der Waals surface area (Å²) >= 11 is 6.36. The van der Waals surface area contributed by atoms with Crippen molar-refractivity contribution in [3.05, 3.63) is 58.5 Å². The molecule has 2 amide bonds. The van der Waals surface area contributed by atoms with Crippen molar-refractivity contribution in [3.8, 4) is 29.7 Å². The second-order valence-electron chi connectivity index (χ2n) is 9.44. The third-order valence-corrected chi connectivity index (χ3v) is 6.40. The smallest absolute Gasteiger partial charge is 0.324 e. The van der Waals surface area contributed by atoms with E-state index in [1.54, 1.807) is 31.3 Å². The standard InChI is InChI=1S/C27H27ClN10O5/c1-13(2)30-24(40)19-20(31-23(39)17-11-18(41-4)35-38(17)22-16(28)8-7-9-29-22)14(3)10-15-12-37(36-21(15)19)25-32-26(42-5)34-27(33-25)43-6/h7-13H,1-6H3,(H,30,40)(H,31,39). The highest BCUT2D eigenvalue weighted by atomic mass is 35.5. The summed E-state index contributed by atoms with van der Waals surface area (Å²) in [4.78, 5) is 44.2. The monoisotopic (exact) mass is 606 g/mol. The lowest BCUT2D eigenvalue weighted by Crippen LogP contribution is -2.31. The SMILES string of the molecule is COc1cc(C(=O)Nc2c(C)cc3cn(-c4nc(OC)nc(OC)n4)nc3c2C(=O)NC(C)C)n(-c2ncccc2Cl)n1. The molecule has 15 nitrogen and oxygen atoms in total. The Morgan fingerprint density at radius 3 is 2.33 bits per heavy atom. The minimum atomic E-state index is -0.593. The number of amides is 2. The Labute approximate surface area is 250 Å². The molecule has 0 aliphatic heterocycles. The van der Waals surface area contributed by atoms with Crippen LogP contribution in [0.25, 0.3) is 22.7 Å². The van der Waals surface area contributed by atoms with Gasteiger partial charge in [-0.1, -0.05) is 11.6 Å². The molecule has 0 saturated heterocycles. The fourth-order valence-electron chi connectivity index (χ4n) is 4.23. The van der Waals surface area contributed by atoms with Crippen LogP contribution in [-0.2, 0) is 0 Å². The van der Waals surface area contributed by atoms with Crippen LogP contribution in [0.15, 0.2) is 36.7 Å². The summed E-state index contributed by atoms with van der Waals surface area (Å²) in [5, 5.41) is 15.6. The second kappa shape index (κ2) is 11.9. The van der Waals surface area contributed by atoms with Gasteiger partial charge in [0, 0.05) is 29.9 Å². The van der Waals surface area contributed by atoms with Crippen LogP contribution in [-0.4, -0.2) is 78.7 Å². The summed E-state index contributed by atoms with van der Waals surface area (Å²) in [5.41, 5.74) is 1.33. The van der Waals surface area contributed by atoms with Crippen molar-refractivity contribution in [3.63, 3.8) is 0 Å². The number of rotatable bonds is 9. The third-order valence-electron chi connectivity index (χ3n) is 6.10. The van der Waals surface area contributed by atoms with Gasteiger partial charge in [-0.05, 0) is 44.5 Å². The fourth-order valence-corrected chi connectivity index (χ4v) is 4.43. The van der Waals surface area contributed by atoms with Gasteiger partial charge < -0.3 is 24.8 Å². The number of halogens is 1. The van der Waals surface area contributed by atoms with E-state index in [2.05, 4.69) is 40.8 Å². The number of aryl methyl sites for hydroxylation is 1. The molecule has 1 aromatic carbocycles. The Hall–Kier alpha value is -5.31. The van der Waals surface area contributed by atoms with Crippen molar-refractivity contribution < 1.29 is 23.8 Å². The molecular weight excluding hydrogens is 580 g/mol. The fraction of sp³-hybridized carbons (Fsp3) is 0.259. The maximum Gasteiger partial charge on any atom is 0.324 e. The number of benzene rings is 1. The van der Waals surface area contributed by atoms with Crippen LogP contribution >= 0.6 is 11.6 Å². The zero-order valence-corrected chi connectivity index (χ0v) is 24.8. The molecule has 16 heteroatoms. The van der Waals surface area contributed by atoms with Gasteiger partial charge in [0.05, 0.1) is 37.6 Å². The van der Waals surface area contributed by atoms with Crippen molar-refractivity contribution in [1.29, 1.82) is 0 Å². The van der Waals surface area contributed by atoms with Crippen molar-refractivity contribution >= 4 is 40.0 Å². The first-order chi connectivity index (χ1) is 20.6. The zero-order chi connectivity index (χ0) is 30.8. The van der Waals surface area contributed by atoms with Gasteiger partial charge in [-0.3, -0.25) is 9.59 Å². The van der Waals surface area contributed by atoms with Crippen molar-refractivity contribution in [1.82, 2.24) is 44.8 Å². The number of fused-ring (bicyclic) bond motifs is 1. The summed E-state index contributed by atoms with van der Waals surface area (Å²) < 4.78 is 18.2.